The van der Waals surface area contributed by atoms with E-state index in [9.17, 15) is 4.79 Å². The molecule has 0 saturated carbocycles. The van der Waals surface area contributed by atoms with E-state index >= 15 is 0 Å². The van der Waals surface area contributed by atoms with Crippen molar-refractivity contribution in [1.82, 2.24) is 4.98 Å². The smallest absolute Gasteiger partial charge is 0.413 e. The van der Waals surface area contributed by atoms with Crippen LogP contribution in [0.3, 0.4) is 0 Å². The normalized spacial score (nSPS) is 12.2. The fourth-order valence-corrected chi connectivity index (χ4v) is 1.38. The Kier molecular flexibility index (Phi) is 3.21. The summed E-state index contributed by atoms with van der Waals surface area (Å²) in [5.41, 5.74) is 0.427. The minimum Gasteiger partial charge on any atom is -0.453 e. The molecule has 5 nitrogen and oxygen atoms in total. The Morgan fingerprint density at radius 2 is 2.62 bits per heavy atom. The van der Waals surface area contributed by atoms with E-state index in [2.05, 4.69) is 22.0 Å². The zero-order valence-corrected chi connectivity index (χ0v) is 7.80. The topological polar surface area (TPSA) is 71.5 Å². The molecule has 13 heavy (non-hydrogen) atoms. The molecule has 0 saturated heterocycles. The van der Waals surface area contributed by atoms with Crippen molar-refractivity contribution in [1.29, 1.82) is 0 Å². The van der Waals surface area contributed by atoms with E-state index in [1.54, 1.807) is 5.38 Å². The lowest BCUT2D eigenvalue weighted by Crippen LogP contribution is -2.10. The number of nitrogens with one attached hydrogen (secondary N) is 1. The van der Waals surface area contributed by atoms with Gasteiger partial charge in [0, 0.05) is 5.38 Å². The molecular weight excluding hydrogens is 192 g/mol. The van der Waals surface area contributed by atoms with Crippen LogP contribution in [-0.4, -0.2) is 23.3 Å². The molecule has 0 fully saturated rings. The van der Waals surface area contributed by atoms with Crippen molar-refractivity contribution in [3.05, 3.63) is 18.0 Å². The van der Waals surface area contributed by atoms with E-state index in [1.165, 1.54) is 18.4 Å². The summed E-state index contributed by atoms with van der Waals surface area (Å²) < 4.78 is 4.36. The molecule has 71 valence electrons. The first kappa shape index (κ1) is 9.94. The molecule has 6 heteroatoms. The molecule has 0 bridgehead atoms. The summed E-state index contributed by atoms with van der Waals surface area (Å²) in [6, 6.07) is 0. The average molecular weight is 201 g/mol. The third-order valence-corrected chi connectivity index (χ3v) is 2.03. The summed E-state index contributed by atoms with van der Waals surface area (Å²) in [6.45, 7) is 3.38. The molecule has 1 radical (unpaired) electrons. The summed E-state index contributed by atoms with van der Waals surface area (Å²) in [5, 5.41) is 13.4. The number of hydrogen-bond donors (Lipinski definition) is 2. The van der Waals surface area contributed by atoms with Gasteiger partial charge >= 0.3 is 6.09 Å². The lowest BCUT2D eigenvalue weighted by atomic mass is 10.3. The van der Waals surface area contributed by atoms with Gasteiger partial charge in [0.25, 0.3) is 0 Å². The Balaban J connectivity index is 2.64. The highest BCUT2D eigenvalue weighted by Crippen LogP contribution is 2.19. The highest BCUT2D eigenvalue weighted by Gasteiger charge is 2.08. The second kappa shape index (κ2) is 4.20. The maximum absolute atomic E-state index is 10.7. The van der Waals surface area contributed by atoms with Gasteiger partial charge in [-0.25, -0.2) is 9.78 Å². The standard InChI is InChI=1S/C7H9N2O3S/c1-4(10)5-3-13-6(8-5)9-7(11)12-2/h3-4,10H,1H2,2H3,(H,8,9,11). The van der Waals surface area contributed by atoms with E-state index < -0.39 is 12.2 Å². The van der Waals surface area contributed by atoms with Gasteiger partial charge in [-0.3, -0.25) is 5.32 Å². The number of anilines is 1. The number of hydrogen-bond acceptors (Lipinski definition) is 5. The number of carbonyl (C=O) groups is 1. The number of ether oxygens (including phenoxy) is 1. The zero-order valence-electron chi connectivity index (χ0n) is 6.98. The molecular formula is C7H9N2O3S. The molecule has 0 aliphatic carbocycles. The number of amides is 1. The van der Waals surface area contributed by atoms with Gasteiger partial charge in [0.05, 0.1) is 18.9 Å². The number of methoxy groups -OCH3 is 1. The molecule has 1 rings (SSSR count). The fourth-order valence-electron chi connectivity index (χ4n) is 0.635. The molecule has 1 unspecified atom stereocenters. The second-order valence-corrected chi connectivity index (χ2v) is 3.07. The molecule has 2 N–H and O–H groups in total. The summed E-state index contributed by atoms with van der Waals surface area (Å²) in [5.74, 6) is 0. The number of rotatable bonds is 2. The van der Waals surface area contributed by atoms with Crippen molar-refractivity contribution < 1.29 is 14.6 Å². The number of carbonyl (C=O) groups excluding carboxylic acids is 1. The van der Waals surface area contributed by atoms with Crippen molar-refractivity contribution >= 4 is 22.6 Å². The zero-order chi connectivity index (χ0) is 9.84. The predicted molar refractivity (Wildman–Crippen MR) is 48.5 cm³/mol. The lowest BCUT2D eigenvalue weighted by molar-refractivity contribution is 0.187. The highest BCUT2D eigenvalue weighted by molar-refractivity contribution is 7.13. The Hall–Kier alpha value is -1.14. The monoisotopic (exact) mass is 201 g/mol. The van der Waals surface area contributed by atoms with Gasteiger partial charge in [0.15, 0.2) is 5.13 Å². The van der Waals surface area contributed by atoms with Crippen molar-refractivity contribution in [2.75, 3.05) is 12.4 Å². The Morgan fingerprint density at radius 3 is 3.08 bits per heavy atom. The van der Waals surface area contributed by atoms with E-state index in [1.807, 2.05) is 0 Å². The van der Waals surface area contributed by atoms with Crippen molar-refractivity contribution in [3.63, 3.8) is 0 Å². The molecule has 0 spiro atoms. The number of aromatic nitrogens is 1. The van der Waals surface area contributed by atoms with Crippen LogP contribution in [0.15, 0.2) is 5.38 Å². The van der Waals surface area contributed by atoms with Gasteiger partial charge in [-0.1, -0.05) is 0 Å². The van der Waals surface area contributed by atoms with Crippen LogP contribution in [0.4, 0.5) is 9.93 Å². The minimum absolute atomic E-state index is 0.379. The maximum atomic E-state index is 10.7. The van der Waals surface area contributed by atoms with Gasteiger partial charge in [0.2, 0.25) is 0 Å². The first-order valence-electron chi connectivity index (χ1n) is 3.45. The van der Waals surface area contributed by atoms with Gasteiger partial charge in [-0.15, -0.1) is 11.3 Å². The first-order chi connectivity index (χ1) is 6.13. The van der Waals surface area contributed by atoms with E-state index in [0.717, 1.165) is 0 Å². The van der Waals surface area contributed by atoms with Crippen LogP contribution in [0, 0.1) is 6.92 Å². The minimum atomic E-state index is -0.871. The van der Waals surface area contributed by atoms with Crippen molar-refractivity contribution in [2.24, 2.45) is 0 Å². The van der Waals surface area contributed by atoms with Crippen LogP contribution in [-0.2, 0) is 4.74 Å². The van der Waals surface area contributed by atoms with Crippen molar-refractivity contribution in [2.45, 2.75) is 6.10 Å². The van der Waals surface area contributed by atoms with Gasteiger partial charge in [-0.2, -0.15) is 0 Å². The van der Waals surface area contributed by atoms with E-state index in [0.29, 0.717) is 10.8 Å². The molecule has 0 aliphatic heterocycles. The molecule has 1 aromatic rings. The number of aliphatic hydroxyl groups is 1. The Labute approximate surface area is 79.4 Å². The van der Waals surface area contributed by atoms with Crippen LogP contribution in [0.5, 0.6) is 0 Å². The molecule has 1 heterocycles. The fraction of sp³-hybridized carbons (Fsp3) is 0.286. The summed E-state index contributed by atoms with van der Waals surface area (Å²) >= 11 is 1.20. The van der Waals surface area contributed by atoms with E-state index in [4.69, 9.17) is 5.11 Å². The van der Waals surface area contributed by atoms with Gasteiger partial charge in [-0.05, 0) is 6.92 Å². The third-order valence-electron chi connectivity index (χ3n) is 1.26. The van der Waals surface area contributed by atoms with Crippen molar-refractivity contribution in [3.8, 4) is 0 Å². The highest BCUT2D eigenvalue weighted by atomic mass is 32.1. The van der Waals surface area contributed by atoms with Crippen LogP contribution in [0.1, 0.15) is 11.8 Å². The Morgan fingerprint density at radius 1 is 1.92 bits per heavy atom. The largest absolute Gasteiger partial charge is 0.453 e. The quantitative estimate of drug-likeness (QED) is 0.753. The first-order valence-corrected chi connectivity index (χ1v) is 4.33. The van der Waals surface area contributed by atoms with Crippen LogP contribution in [0.25, 0.3) is 0 Å². The molecule has 1 aromatic heterocycles. The second-order valence-electron chi connectivity index (χ2n) is 2.21. The van der Waals surface area contributed by atoms with Crippen LogP contribution < -0.4 is 5.32 Å². The van der Waals surface area contributed by atoms with E-state index in [-0.39, 0.29) is 0 Å². The average Bonchev–Trinajstić information content (AvgIpc) is 2.52. The van der Waals surface area contributed by atoms with Gasteiger partial charge in [0.1, 0.15) is 0 Å². The summed E-state index contributed by atoms with van der Waals surface area (Å²) in [7, 11) is 1.26. The van der Waals surface area contributed by atoms with Crippen LogP contribution >= 0.6 is 11.3 Å². The number of aliphatic hydroxyl groups excluding tert-OH is 1. The lowest BCUT2D eigenvalue weighted by Gasteiger charge is -1.98. The maximum Gasteiger partial charge on any atom is 0.413 e. The SMILES string of the molecule is [CH2]C(O)c1csc(NC(=O)OC)n1. The molecule has 1 amide bonds. The number of nitrogens with zero attached hydrogens (tertiary/aromatic N) is 1. The van der Waals surface area contributed by atoms with Crippen LogP contribution in [0.2, 0.25) is 0 Å². The molecule has 1 atom stereocenters. The molecule has 0 aliphatic rings. The summed E-state index contributed by atoms with van der Waals surface area (Å²) in [6.07, 6.45) is -1.45. The number of thiazole rings is 1. The molecule has 0 aromatic carbocycles. The third kappa shape index (κ3) is 2.67. The summed E-state index contributed by atoms with van der Waals surface area (Å²) in [4.78, 5) is 14.6. The predicted octanol–water partition coefficient (Wildman–Crippen LogP) is 1.19. The van der Waals surface area contributed by atoms with Gasteiger partial charge < -0.3 is 9.84 Å². The Bertz CT molecular complexity index is 298.